The van der Waals surface area contributed by atoms with E-state index in [9.17, 15) is 0 Å². The van der Waals surface area contributed by atoms with Crippen LogP contribution in [-0.2, 0) is 0 Å². The second kappa shape index (κ2) is 8.62. The van der Waals surface area contributed by atoms with Crippen LogP contribution in [0.4, 0.5) is 0 Å². The summed E-state index contributed by atoms with van der Waals surface area (Å²) in [6.45, 7) is 10.6. The highest BCUT2D eigenvalue weighted by Crippen LogP contribution is 2.36. The molecule has 25 heavy (non-hydrogen) atoms. The minimum absolute atomic E-state index is 0.0754. The predicted octanol–water partition coefficient (Wildman–Crippen LogP) is 6.43. The molecule has 0 radical (unpaired) electrons. The molecule has 1 aliphatic rings. The van der Waals surface area contributed by atoms with Gasteiger partial charge in [-0.05, 0) is 30.6 Å². The van der Waals surface area contributed by atoms with Crippen molar-refractivity contribution in [1.29, 1.82) is 0 Å². The van der Waals surface area contributed by atoms with E-state index in [4.69, 9.17) is 0 Å². The SMILES string of the molecule is C=CC(=NC)C(C)/C=C(\C=C(/C)C1(C)C=CC=CC1)c1ccccc1. The molecule has 2 unspecified atom stereocenters. The molecule has 1 aromatic carbocycles. The van der Waals surface area contributed by atoms with Crippen LogP contribution in [-0.4, -0.2) is 12.8 Å². The van der Waals surface area contributed by atoms with Crippen LogP contribution >= 0.6 is 0 Å². The Kier molecular flexibility index (Phi) is 6.52. The maximum absolute atomic E-state index is 4.35. The first kappa shape index (κ1) is 18.9. The lowest BCUT2D eigenvalue weighted by Crippen LogP contribution is -2.15. The molecule has 0 spiro atoms. The molecule has 0 amide bonds. The van der Waals surface area contributed by atoms with Crippen molar-refractivity contribution in [2.45, 2.75) is 27.2 Å². The van der Waals surface area contributed by atoms with Crippen LogP contribution in [0.25, 0.3) is 5.57 Å². The van der Waals surface area contributed by atoms with Gasteiger partial charge < -0.3 is 0 Å². The lowest BCUT2D eigenvalue weighted by atomic mass is 9.76. The summed E-state index contributed by atoms with van der Waals surface area (Å²) >= 11 is 0. The minimum atomic E-state index is 0.0754. The average Bonchev–Trinajstić information content (AvgIpc) is 2.63. The zero-order valence-corrected chi connectivity index (χ0v) is 15.9. The molecule has 0 saturated heterocycles. The van der Waals surface area contributed by atoms with Gasteiger partial charge in [0.05, 0.1) is 0 Å². The van der Waals surface area contributed by atoms with Crippen LogP contribution in [0, 0.1) is 11.3 Å². The van der Waals surface area contributed by atoms with Crippen molar-refractivity contribution in [2.24, 2.45) is 16.3 Å². The fourth-order valence-electron chi connectivity index (χ4n) is 3.11. The molecule has 2 atom stereocenters. The van der Waals surface area contributed by atoms with Gasteiger partial charge in [0.15, 0.2) is 0 Å². The monoisotopic (exact) mass is 331 g/mol. The first-order valence-electron chi connectivity index (χ1n) is 8.89. The molecule has 0 heterocycles. The highest BCUT2D eigenvalue weighted by molar-refractivity contribution is 5.98. The van der Waals surface area contributed by atoms with E-state index < -0.39 is 0 Å². The lowest BCUT2D eigenvalue weighted by molar-refractivity contribution is 0.518. The smallest absolute Gasteiger partial charge is 0.0405 e. The molecule has 0 saturated carbocycles. The third kappa shape index (κ3) is 4.79. The van der Waals surface area contributed by atoms with E-state index >= 15 is 0 Å². The topological polar surface area (TPSA) is 12.4 Å². The van der Waals surface area contributed by atoms with E-state index in [2.05, 4.69) is 99.1 Å². The van der Waals surface area contributed by atoms with Crippen LogP contribution < -0.4 is 0 Å². The van der Waals surface area contributed by atoms with E-state index in [1.807, 2.05) is 13.1 Å². The van der Waals surface area contributed by atoms with Gasteiger partial charge in [-0.1, -0.05) is 92.8 Å². The third-order valence-electron chi connectivity index (χ3n) is 5.00. The quantitative estimate of drug-likeness (QED) is 0.420. The zero-order chi connectivity index (χ0) is 18.3. The Labute approximate surface area is 152 Å². The zero-order valence-electron chi connectivity index (χ0n) is 15.9. The van der Waals surface area contributed by atoms with Gasteiger partial charge >= 0.3 is 0 Å². The number of hydrogen-bond donors (Lipinski definition) is 0. The Morgan fingerprint density at radius 3 is 2.52 bits per heavy atom. The fraction of sp³-hybridized carbons (Fsp3) is 0.292. The standard InChI is InChI=1S/C24H29N/c1-6-23(25-5)19(2)17-22(21-13-9-7-10-14-21)18-20(3)24(4)15-11-8-12-16-24/h6-15,17-19H,1,16H2,2-5H3/b20-18+,22-17+,25-23?. The molecule has 0 fully saturated rings. The fourth-order valence-corrected chi connectivity index (χ4v) is 3.11. The molecule has 1 aliphatic carbocycles. The van der Waals surface area contributed by atoms with Gasteiger partial charge in [-0.3, -0.25) is 4.99 Å². The van der Waals surface area contributed by atoms with E-state index in [0.717, 1.165) is 12.1 Å². The van der Waals surface area contributed by atoms with Crippen LogP contribution in [0.5, 0.6) is 0 Å². The van der Waals surface area contributed by atoms with Crippen molar-refractivity contribution in [1.82, 2.24) is 0 Å². The number of allylic oxidation sites excluding steroid dienone is 9. The van der Waals surface area contributed by atoms with Gasteiger partial charge in [0.2, 0.25) is 0 Å². The highest BCUT2D eigenvalue weighted by Gasteiger charge is 2.23. The van der Waals surface area contributed by atoms with Crippen molar-refractivity contribution in [3.8, 4) is 0 Å². The van der Waals surface area contributed by atoms with Crippen LogP contribution in [0.15, 0.2) is 90.0 Å². The second-order valence-electron chi connectivity index (χ2n) is 6.87. The predicted molar refractivity (Wildman–Crippen MR) is 112 cm³/mol. The van der Waals surface area contributed by atoms with Gasteiger partial charge in [0.25, 0.3) is 0 Å². The molecule has 0 bridgehead atoms. The first-order chi connectivity index (χ1) is 12.0. The number of nitrogens with zero attached hydrogens (tertiary/aromatic N) is 1. The van der Waals surface area contributed by atoms with Gasteiger partial charge in [-0.15, -0.1) is 0 Å². The normalized spacial score (nSPS) is 22.8. The Hall–Kier alpha value is -2.41. The number of aliphatic imine (C=N–C) groups is 1. The van der Waals surface area contributed by atoms with Crippen molar-refractivity contribution in [2.75, 3.05) is 7.05 Å². The Morgan fingerprint density at radius 1 is 1.24 bits per heavy atom. The van der Waals surface area contributed by atoms with Crippen molar-refractivity contribution >= 4 is 11.3 Å². The maximum Gasteiger partial charge on any atom is 0.0405 e. The molecule has 0 aliphatic heterocycles. The largest absolute Gasteiger partial charge is 0.293 e. The molecular formula is C24H29N. The first-order valence-corrected chi connectivity index (χ1v) is 8.89. The van der Waals surface area contributed by atoms with Crippen LogP contribution in [0.1, 0.15) is 32.8 Å². The minimum Gasteiger partial charge on any atom is -0.293 e. The van der Waals surface area contributed by atoms with Crippen LogP contribution in [0.3, 0.4) is 0 Å². The van der Waals surface area contributed by atoms with Crippen molar-refractivity contribution in [3.63, 3.8) is 0 Å². The van der Waals surface area contributed by atoms with Gasteiger partial charge in [-0.2, -0.15) is 0 Å². The van der Waals surface area contributed by atoms with E-state index in [1.54, 1.807) is 0 Å². The summed E-state index contributed by atoms with van der Waals surface area (Å²) in [4.78, 5) is 4.35. The summed E-state index contributed by atoms with van der Waals surface area (Å²) in [5, 5.41) is 0. The molecule has 0 aromatic heterocycles. The lowest BCUT2D eigenvalue weighted by Gasteiger charge is -2.28. The highest BCUT2D eigenvalue weighted by atomic mass is 14.7. The summed E-state index contributed by atoms with van der Waals surface area (Å²) in [5.41, 5.74) is 4.91. The summed E-state index contributed by atoms with van der Waals surface area (Å²) < 4.78 is 0. The third-order valence-corrected chi connectivity index (χ3v) is 5.00. The summed E-state index contributed by atoms with van der Waals surface area (Å²) in [6.07, 6.45) is 16.3. The Bertz CT molecular complexity index is 744. The average molecular weight is 332 g/mol. The van der Waals surface area contributed by atoms with Crippen molar-refractivity contribution < 1.29 is 0 Å². The number of hydrogen-bond acceptors (Lipinski definition) is 1. The second-order valence-corrected chi connectivity index (χ2v) is 6.87. The molecule has 2 rings (SSSR count). The molecular weight excluding hydrogens is 302 g/mol. The molecule has 130 valence electrons. The summed E-state index contributed by atoms with van der Waals surface area (Å²) in [6, 6.07) is 10.6. The van der Waals surface area contributed by atoms with Gasteiger partial charge in [0.1, 0.15) is 0 Å². The van der Waals surface area contributed by atoms with Gasteiger partial charge in [0, 0.05) is 24.1 Å². The van der Waals surface area contributed by atoms with Crippen molar-refractivity contribution in [3.05, 3.63) is 90.6 Å². The molecule has 1 aromatic rings. The van der Waals surface area contributed by atoms with E-state index in [0.29, 0.717) is 0 Å². The number of benzene rings is 1. The molecule has 1 nitrogen and oxygen atoms in total. The summed E-state index contributed by atoms with van der Waals surface area (Å²) in [5.74, 6) is 0.219. The van der Waals surface area contributed by atoms with E-state index in [-0.39, 0.29) is 11.3 Å². The van der Waals surface area contributed by atoms with Crippen LogP contribution in [0.2, 0.25) is 0 Å². The Balaban J connectivity index is 2.45. The van der Waals surface area contributed by atoms with Gasteiger partial charge in [-0.25, -0.2) is 0 Å². The Morgan fingerprint density at radius 2 is 1.96 bits per heavy atom. The summed E-state index contributed by atoms with van der Waals surface area (Å²) in [7, 11) is 1.82. The molecule has 1 heteroatoms. The maximum atomic E-state index is 4.35. The molecule has 0 N–H and O–H groups in total. The van der Waals surface area contributed by atoms with E-state index in [1.165, 1.54) is 16.7 Å². The number of rotatable bonds is 6.